The third-order valence-corrected chi connectivity index (χ3v) is 3.10. The van der Waals surface area contributed by atoms with Gasteiger partial charge in [-0.15, -0.1) is 0 Å². The van der Waals surface area contributed by atoms with E-state index in [1.165, 1.54) is 19.2 Å². The minimum Gasteiger partial charge on any atom is -0.490 e. The second-order valence-electron chi connectivity index (χ2n) is 4.52. The van der Waals surface area contributed by atoms with Crippen LogP contribution >= 0.6 is 0 Å². The maximum atomic E-state index is 12.0. The van der Waals surface area contributed by atoms with Crippen LogP contribution in [0.5, 0.6) is 5.75 Å². The fourth-order valence-corrected chi connectivity index (χ4v) is 2.07. The Bertz CT molecular complexity index is 571. The van der Waals surface area contributed by atoms with Gasteiger partial charge in [0.25, 0.3) is 0 Å². The Morgan fingerprint density at radius 3 is 2.80 bits per heavy atom. The van der Waals surface area contributed by atoms with Gasteiger partial charge >= 0.3 is 5.69 Å². The summed E-state index contributed by atoms with van der Waals surface area (Å²) in [4.78, 5) is 22.3. The number of nitrogens with one attached hydrogen (secondary N) is 1. The molecule has 0 radical (unpaired) electrons. The molecular formula is C13H15N3O4. The molecule has 1 aliphatic rings. The van der Waals surface area contributed by atoms with Gasteiger partial charge in [0.15, 0.2) is 5.75 Å². The van der Waals surface area contributed by atoms with E-state index in [4.69, 9.17) is 10.5 Å². The lowest BCUT2D eigenvalue weighted by Crippen LogP contribution is -2.24. The van der Waals surface area contributed by atoms with Gasteiger partial charge in [0.2, 0.25) is 5.91 Å². The summed E-state index contributed by atoms with van der Waals surface area (Å²) >= 11 is 0. The number of nitrogens with zero attached hydrogens (tertiary/aromatic N) is 1. The summed E-state index contributed by atoms with van der Waals surface area (Å²) in [5.41, 5.74) is 5.85. The maximum absolute atomic E-state index is 12.0. The largest absolute Gasteiger partial charge is 0.490 e. The van der Waals surface area contributed by atoms with E-state index in [1.807, 2.05) is 0 Å². The molecule has 0 bridgehead atoms. The quantitative estimate of drug-likeness (QED) is 0.492. The van der Waals surface area contributed by atoms with Gasteiger partial charge in [-0.1, -0.05) is 12.2 Å². The Kier molecular flexibility index (Phi) is 3.99. The monoisotopic (exact) mass is 277 g/mol. The average Bonchev–Trinajstić information content (AvgIpc) is 2.85. The number of methoxy groups -OCH3 is 1. The van der Waals surface area contributed by atoms with Crippen LogP contribution in [0.25, 0.3) is 0 Å². The van der Waals surface area contributed by atoms with E-state index >= 15 is 0 Å². The number of nitro groups is 1. The summed E-state index contributed by atoms with van der Waals surface area (Å²) in [6, 6.07) is 4.16. The Balaban J connectivity index is 2.14. The fraction of sp³-hybridized carbons (Fsp3) is 0.308. The molecule has 2 atom stereocenters. The van der Waals surface area contributed by atoms with Crippen molar-refractivity contribution in [3.8, 4) is 5.75 Å². The van der Waals surface area contributed by atoms with E-state index in [-0.39, 0.29) is 29.3 Å². The number of hydrogen-bond donors (Lipinski definition) is 2. The number of rotatable bonds is 4. The standard InChI is InChI=1S/C13H15N3O4/c1-20-12-5-4-10(7-11(12)16(18)19)15-13(17)8-2-3-9(14)6-8/h2-5,7-9H,6,14H2,1H3,(H,15,17). The van der Waals surface area contributed by atoms with Crippen molar-refractivity contribution < 1.29 is 14.5 Å². The summed E-state index contributed by atoms with van der Waals surface area (Å²) < 4.78 is 4.90. The smallest absolute Gasteiger partial charge is 0.312 e. The molecule has 1 amide bonds. The topological polar surface area (TPSA) is 107 Å². The van der Waals surface area contributed by atoms with Crippen LogP contribution in [0, 0.1) is 16.0 Å². The number of nitro benzene ring substituents is 1. The first-order valence-corrected chi connectivity index (χ1v) is 6.08. The van der Waals surface area contributed by atoms with E-state index in [0.29, 0.717) is 12.1 Å². The van der Waals surface area contributed by atoms with Crippen LogP contribution in [0.15, 0.2) is 30.4 Å². The molecule has 0 saturated carbocycles. The van der Waals surface area contributed by atoms with Crippen LogP contribution in [-0.4, -0.2) is 24.0 Å². The maximum Gasteiger partial charge on any atom is 0.312 e. The highest BCUT2D eigenvalue weighted by molar-refractivity contribution is 5.94. The van der Waals surface area contributed by atoms with Crippen molar-refractivity contribution >= 4 is 17.3 Å². The van der Waals surface area contributed by atoms with Crippen LogP contribution in [0.2, 0.25) is 0 Å². The van der Waals surface area contributed by atoms with E-state index in [1.54, 1.807) is 18.2 Å². The van der Waals surface area contributed by atoms with Gasteiger partial charge in [-0.25, -0.2) is 0 Å². The van der Waals surface area contributed by atoms with Gasteiger partial charge in [-0.2, -0.15) is 0 Å². The summed E-state index contributed by atoms with van der Waals surface area (Å²) in [6.07, 6.45) is 4.07. The van der Waals surface area contributed by atoms with E-state index in [9.17, 15) is 14.9 Å². The van der Waals surface area contributed by atoms with Crippen molar-refractivity contribution in [1.29, 1.82) is 0 Å². The van der Waals surface area contributed by atoms with Gasteiger partial charge in [0, 0.05) is 17.8 Å². The van der Waals surface area contributed by atoms with Crippen molar-refractivity contribution in [1.82, 2.24) is 0 Å². The zero-order valence-electron chi connectivity index (χ0n) is 10.9. The predicted molar refractivity (Wildman–Crippen MR) is 73.5 cm³/mol. The number of anilines is 1. The molecule has 0 aliphatic heterocycles. The lowest BCUT2D eigenvalue weighted by atomic mass is 10.1. The molecule has 1 aromatic carbocycles. The Morgan fingerprint density at radius 2 is 2.25 bits per heavy atom. The zero-order valence-corrected chi connectivity index (χ0v) is 10.9. The molecule has 7 heteroatoms. The molecule has 2 rings (SSSR count). The van der Waals surface area contributed by atoms with E-state index in [0.717, 1.165) is 0 Å². The van der Waals surface area contributed by atoms with Crippen LogP contribution in [0.1, 0.15) is 6.42 Å². The minimum absolute atomic E-state index is 0.115. The number of amides is 1. The van der Waals surface area contributed by atoms with Crippen molar-refractivity contribution in [2.24, 2.45) is 11.7 Å². The summed E-state index contributed by atoms with van der Waals surface area (Å²) in [5.74, 6) is -0.379. The normalized spacial score (nSPS) is 20.7. The molecule has 0 aromatic heterocycles. The average molecular weight is 277 g/mol. The highest BCUT2D eigenvalue weighted by atomic mass is 16.6. The summed E-state index contributed by atoms with van der Waals surface area (Å²) in [6.45, 7) is 0. The number of carbonyl (C=O) groups excluding carboxylic acids is 1. The molecule has 0 spiro atoms. The lowest BCUT2D eigenvalue weighted by Gasteiger charge is -2.11. The molecule has 1 aliphatic carbocycles. The summed E-state index contributed by atoms with van der Waals surface area (Å²) in [7, 11) is 1.35. The zero-order chi connectivity index (χ0) is 14.7. The molecule has 7 nitrogen and oxygen atoms in total. The first-order chi connectivity index (χ1) is 9.51. The molecule has 3 N–H and O–H groups in total. The molecule has 106 valence electrons. The Labute approximate surface area is 115 Å². The third-order valence-electron chi connectivity index (χ3n) is 3.10. The first kappa shape index (κ1) is 14.0. The number of hydrogen-bond acceptors (Lipinski definition) is 5. The van der Waals surface area contributed by atoms with Crippen LogP contribution in [-0.2, 0) is 4.79 Å². The Hall–Kier alpha value is -2.41. The molecule has 2 unspecified atom stereocenters. The molecule has 1 aromatic rings. The van der Waals surface area contributed by atoms with Crippen LogP contribution in [0.3, 0.4) is 0 Å². The molecule has 0 saturated heterocycles. The first-order valence-electron chi connectivity index (χ1n) is 6.08. The second kappa shape index (κ2) is 5.70. The van der Waals surface area contributed by atoms with Crippen LogP contribution < -0.4 is 15.8 Å². The van der Waals surface area contributed by atoms with Crippen molar-refractivity contribution in [2.75, 3.05) is 12.4 Å². The highest BCUT2D eigenvalue weighted by Crippen LogP contribution is 2.30. The minimum atomic E-state index is -0.556. The van der Waals surface area contributed by atoms with Gasteiger partial charge in [-0.3, -0.25) is 14.9 Å². The van der Waals surface area contributed by atoms with Crippen LogP contribution in [0.4, 0.5) is 11.4 Å². The third kappa shape index (κ3) is 2.94. The van der Waals surface area contributed by atoms with Crippen molar-refractivity contribution in [3.05, 3.63) is 40.5 Å². The van der Waals surface area contributed by atoms with E-state index < -0.39 is 4.92 Å². The molecule has 20 heavy (non-hydrogen) atoms. The molecule has 0 heterocycles. The number of ether oxygens (including phenoxy) is 1. The number of nitrogens with two attached hydrogens (primary N) is 1. The van der Waals surface area contributed by atoms with E-state index in [2.05, 4.69) is 5.32 Å². The van der Waals surface area contributed by atoms with Gasteiger partial charge in [-0.05, 0) is 18.6 Å². The van der Waals surface area contributed by atoms with Gasteiger partial charge < -0.3 is 15.8 Å². The van der Waals surface area contributed by atoms with Crippen molar-refractivity contribution in [2.45, 2.75) is 12.5 Å². The van der Waals surface area contributed by atoms with Crippen molar-refractivity contribution in [3.63, 3.8) is 0 Å². The second-order valence-corrected chi connectivity index (χ2v) is 4.52. The number of carbonyl (C=O) groups is 1. The van der Waals surface area contributed by atoms with Gasteiger partial charge in [0.05, 0.1) is 18.0 Å². The predicted octanol–water partition coefficient (Wildman–Crippen LogP) is 1.45. The summed E-state index contributed by atoms with van der Waals surface area (Å²) in [5, 5.41) is 13.5. The lowest BCUT2D eigenvalue weighted by molar-refractivity contribution is -0.385. The fourth-order valence-electron chi connectivity index (χ4n) is 2.07. The molecular weight excluding hydrogens is 262 g/mol. The Morgan fingerprint density at radius 1 is 1.50 bits per heavy atom. The SMILES string of the molecule is COc1ccc(NC(=O)C2C=CC(N)C2)cc1[N+](=O)[O-]. The highest BCUT2D eigenvalue weighted by Gasteiger charge is 2.23. The van der Waals surface area contributed by atoms with Gasteiger partial charge in [0.1, 0.15) is 0 Å². The number of benzene rings is 1. The molecule has 0 fully saturated rings.